The highest BCUT2D eigenvalue weighted by atomic mass is 16.5. The van der Waals surface area contributed by atoms with E-state index in [1.165, 1.54) is 31.2 Å². The van der Waals surface area contributed by atoms with Gasteiger partial charge < -0.3 is 24.8 Å². The smallest absolute Gasteiger partial charge is 0.191 e. The summed E-state index contributed by atoms with van der Waals surface area (Å²) in [6.45, 7) is 3.72. The molecule has 152 valence electrons. The van der Waals surface area contributed by atoms with Gasteiger partial charge in [-0.25, -0.2) is 0 Å². The van der Waals surface area contributed by atoms with E-state index in [0.717, 1.165) is 37.8 Å². The molecule has 0 radical (unpaired) electrons. The second kappa shape index (κ2) is 11.8. The van der Waals surface area contributed by atoms with E-state index in [2.05, 4.69) is 33.8 Å². The van der Waals surface area contributed by atoms with Crippen LogP contribution < -0.4 is 15.4 Å². The molecule has 0 saturated heterocycles. The average molecular weight is 378 g/mol. The van der Waals surface area contributed by atoms with E-state index >= 15 is 0 Å². The molecule has 1 aromatic rings. The third-order valence-electron chi connectivity index (χ3n) is 5.25. The molecule has 0 amide bonds. The zero-order valence-corrected chi connectivity index (χ0v) is 17.1. The molecule has 1 aliphatic rings. The highest BCUT2D eigenvalue weighted by Crippen LogP contribution is 2.41. The Balaban J connectivity index is 1.83. The molecule has 0 spiro atoms. The van der Waals surface area contributed by atoms with E-state index in [4.69, 9.17) is 14.2 Å². The van der Waals surface area contributed by atoms with Gasteiger partial charge in [-0.3, -0.25) is 4.99 Å². The molecule has 0 bridgehead atoms. The second-order valence-electron chi connectivity index (χ2n) is 7.03. The summed E-state index contributed by atoms with van der Waals surface area (Å²) < 4.78 is 15.9. The van der Waals surface area contributed by atoms with Crippen molar-refractivity contribution in [2.24, 2.45) is 4.99 Å². The quantitative estimate of drug-likeness (QED) is 0.353. The van der Waals surface area contributed by atoms with Crippen LogP contribution in [0.1, 0.15) is 37.7 Å². The molecule has 1 aliphatic carbocycles. The highest BCUT2D eigenvalue weighted by Gasteiger charge is 2.35. The fourth-order valence-corrected chi connectivity index (χ4v) is 3.67. The predicted molar refractivity (Wildman–Crippen MR) is 110 cm³/mol. The van der Waals surface area contributed by atoms with Gasteiger partial charge in [-0.1, -0.05) is 25.0 Å². The van der Waals surface area contributed by atoms with Crippen molar-refractivity contribution < 1.29 is 14.2 Å². The molecule has 27 heavy (non-hydrogen) atoms. The summed E-state index contributed by atoms with van der Waals surface area (Å²) in [5.41, 5.74) is 1.50. The first-order valence-electron chi connectivity index (χ1n) is 9.90. The van der Waals surface area contributed by atoms with E-state index in [1.54, 1.807) is 14.2 Å². The Bertz CT molecular complexity index is 572. The van der Waals surface area contributed by atoms with Crippen LogP contribution >= 0.6 is 0 Å². The topological polar surface area (TPSA) is 64.1 Å². The molecular weight excluding hydrogens is 342 g/mol. The lowest BCUT2D eigenvalue weighted by Crippen LogP contribution is -2.45. The number of aliphatic imine (C=N–C) groups is 1. The van der Waals surface area contributed by atoms with E-state index in [9.17, 15) is 0 Å². The van der Waals surface area contributed by atoms with Crippen LogP contribution in [-0.2, 0) is 14.9 Å². The molecule has 0 unspecified atom stereocenters. The van der Waals surface area contributed by atoms with E-state index < -0.39 is 0 Å². The van der Waals surface area contributed by atoms with Gasteiger partial charge in [0.15, 0.2) is 5.96 Å². The van der Waals surface area contributed by atoms with Gasteiger partial charge in [0.25, 0.3) is 0 Å². The van der Waals surface area contributed by atoms with E-state index in [0.29, 0.717) is 13.2 Å². The Morgan fingerprint density at radius 3 is 2.63 bits per heavy atom. The lowest BCUT2D eigenvalue weighted by molar-refractivity contribution is 0.0698. The van der Waals surface area contributed by atoms with Gasteiger partial charge in [-0.2, -0.15) is 0 Å². The van der Waals surface area contributed by atoms with Crippen molar-refractivity contribution >= 4 is 5.96 Å². The first-order chi connectivity index (χ1) is 13.2. The van der Waals surface area contributed by atoms with Crippen LogP contribution in [0.4, 0.5) is 0 Å². The minimum Gasteiger partial charge on any atom is -0.497 e. The molecule has 0 heterocycles. The van der Waals surface area contributed by atoms with E-state index in [1.807, 2.05) is 13.1 Å². The number of guanidine groups is 1. The Morgan fingerprint density at radius 1 is 1.11 bits per heavy atom. The molecule has 1 aromatic carbocycles. The van der Waals surface area contributed by atoms with Crippen molar-refractivity contribution in [3.05, 3.63) is 29.8 Å². The lowest BCUT2D eigenvalue weighted by Gasteiger charge is -2.31. The fraction of sp³-hybridized carbons (Fsp3) is 0.667. The summed E-state index contributed by atoms with van der Waals surface area (Å²) in [6, 6.07) is 8.50. The normalized spacial score (nSPS) is 16.3. The second-order valence-corrected chi connectivity index (χ2v) is 7.03. The predicted octanol–water partition coefficient (Wildman–Crippen LogP) is 2.73. The van der Waals surface area contributed by atoms with Gasteiger partial charge in [-0.05, 0) is 37.0 Å². The zero-order chi connectivity index (χ0) is 19.4. The Labute approximate surface area is 163 Å². The molecule has 6 heteroatoms. The third kappa shape index (κ3) is 6.70. The number of benzene rings is 1. The van der Waals surface area contributed by atoms with Crippen molar-refractivity contribution in [2.75, 3.05) is 54.2 Å². The number of ether oxygens (including phenoxy) is 3. The van der Waals surface area contributed by atoms with Crippen LogP contribution in [0.15, 0.2) is 29.3 Å². The van der Waals surface area contributed by atoms with Gasteiger partial charge >= 0.3 is 0 Å². The average Bonchev–Trinajstić information content (AvgIpc) is 3.20. The SMILES string of the molecule is CN=C(NCCCOCCOC)NCC1(c2cccc(OC)c2)CCCC1. The molecule has 1 saturated carbocycles. The van der Waals surface area contributed by atoms with Crippen molar-refractivity contribution in [3.8, 4) is 5.75 Å². The maximum atomic E-state index is 5.49. The maximum Gasteiger partial charge on any atom is 0.191 e. The van der Waals surface area contributed by atoms with Crippen molar-refractivity contribution in [1.29, 1.82) is 0 Å². The van der Waals surface area contributed by atoms with Crippen molar-refractivity contribution in [3.63, 3.8) is 0 Å². The van der Waals surface area contributed by atoms with Gasteiger partial charge in [0.05, 0.1) is 20.3 Å². The molecule has 0 aliphatic heterocycles. The van der Waals surface area contributed by atoms with Crippen LogP contribution in [0.3, 0.4) is 0 Å². The maximum absolute atomic E-state index is 5.49. The summed E-state index contributed by atoms with van der Waals surface area (Å²) in [5.74, 6) is 1.77. The van der Waals surface area contributed by atoms with Crippen LogP contribution in [0.25, 0.3) is 0 Å². The number of methoxy groups -OCH3 is 2. The van der Waals surface area contributed by atoms with E-state index in [-0.39, 0.29) is 5.41 Å². The number of hydrogen-bond acceptors (Lipinski definition) is 4. The van der Waals surface area contributed by atoms with Gasteiger partial charge in [0.2, 0.25) is 0 Å². The standard InChI is InChI=1S/C21H35N3O3/c1-22-20(23-12-7-13-27-15-14-25-2)24-17-21(10-4-5-11-21)18-8-6-9-19(16-18)26-3/h6,8-9,16H,4-5,7,10-15,17H2,1-3H3,(H2,22,23,24). The largest absolute Gasteiger partial charge is 0.497 e. The third-order valence-corrected chi connectivity index (χ3v) is 5.25. The number of rotatable bonds is 11. The molecule has 0 aromatic heterocycles. The monoisotopic (exact) mass is 377 g/mol. The fourth-order valence-electron chi connectivity index (χ4n) is 3.67. The number of hydrogen-bond donors (Lipinski definition) is 2. The Morgan fingerprint density at radius 2 is 1.93 bits per heavy atom. The summed E-state index contributed by atoms with van der Waals surface area (Å²) in [7, 11) is 5.23. The van der Waals surface area contributed by atoms with Crippen LogP contribution in [0.5, 0.6) is 5.75 Å². The Hall–Kier alpha value is -1.79. The number of nitrogens with zero attached hydrogens (tertiary/aromatic N) is 1. The van der Waals surface area contributed by atoms with Gasteiger partial charge in [-0.15, -0.1) is 0 Å². The highest BCUT2D eigenvalue weighted by molar-refractivity contribution is 5.79. The summed E-state index contributed by atoms with van der Waals surface area (Å²) in [6.07, 6.45) is 5.86. The molecular formula is C21H35N3O3. The molecule has 2 rings (SSSR count). The zero-order valence-electron chi connectivity index (χ0n) is 17.1. The van der Waals surface area contributed by atoms with Crippen molar-refractivity contribution in [2.45, 2.75) is 37.5 Å². The summed E-state index contributed by atoms with van der Waals surface area (Å²) in [5, 5.41) is 6.92. The number of nitrogens with one attached hydrogen (secondary N) is 2. The summed E-state index contributed by atoms with van der Waals surface area (Å²) in [4.78, 5) is 4.36. The minimum absolute atomic E-state index is 0.148. The molecule has 6 nitrogen and oxygen atoms in total. The first kappa shape index (κ1) is 21.5. The van der Waals surface area contributed by atoms with Crippen LogP contribution in [0.2, 0.25) is 0 Å². The van der Waals surface area contributed by atoms with Crippen LogP contribution in [0, 0.1) is 0 Å². The lowest BCUT2D eigenvalue weighted by atomic mass is 9.78. The molecule has 1 fully saturated rings. The first-order valence-corrected chi connectivity index (χ1v) is 9.90. The molecule has 0 atom stereocenters. The van der Waals surface area contributed by atoms with Gasteiger partial charge in [0.1, 0.15) is 5.75 Å². The van der Waals surface area contributed by atoms with Crippen molar-refractivity contribution in [1.82, 2.24) is 10.6 Å². The minimum atomic E-state index is 0.148. The van der Waals surface area contributed by atoms with Crippen LogP contribution in [-0.4, -0.2) is 60.1 Å². The molecule has 2 N–H and O–H groups in total. The summed E-state index contributed by atoms with van der Waals surface area (Å²) >= 11 is 0. The van der Waals surface area contributed by atoms with Gasteiger partial charge in [0, 0.05) is 39.3 Å². The Kier molecular flexibility index (Phi) is 9.42.